The summed E-state index contributed by atoms with van der Waals surface area (Å²) < 4.78 is 17.3. The van der Waals surface area contributed by atoms with Gasteiger partial charge in [0, 0.05) is 28.0 Å². The van der Waals surface area contributed by atoms with E-state index in [1.807, 2.05) is 22.9 Å². The molecule has 2 aliphatic rings. The molecule has 28 nitrogen and oxygen atoms in total. The number of nitrogens with one attached hydrogen (secondary N) is 4. The summed E-state index contributed by atoms with van der Waals surface area (Å²) in [5.41, 5.74) is 0.862. The van der Waals surface area contributed by atoms with Gasteiger partial charge >= 0.3 is 24.1 Å². The standard InChI is InChI=1S/C45H58N6O22S2/c1-4-19-20-10-18(6-7-24(20)47-31-21(19)13-51-27(31)11-23-22(41(51)65)16-72-43(68)45(23,70)5-2)73-44(69)71-8-9-74-75-17-26(42(66)67)49-40(64)33(37(61)35(59)29(55)15-53)50-38(62)25(12-30(56)57)48-39(63)32(46-3)36(60)34(58)28(54)14-52/h6-7,10-11,25-26,28-29,32-37,46,52-55,58-61,70H,4-5,8-9,12-17H2,1-3H3,(H,48,63)(H,49,64)(H,50,62)(H,56,57)(H,66,67)/t25-,26+,28+,29+,32-,33-,34+,35+,36+,37+,45-/m0/s1. The first-order valence-corrected chi connectivity index (χ1v) is 25.5. The number of rotatable bonds is 27. The van der Waals surface area contributed by atoms with Crippen molar-refractivity contribution in [2.75, 3.05) is 38.4 Å². The SMILES string of the molecule is CCc1c2c(nc3ccc(OC(=O)OCCSSC[C@@H](NC(=O)[C@@H](NC(=O)[C@H](CC(=O)O)NC(=O)[C@@H](NC)[C@@H](O)[C@H](O)[C@H](O)CO)[C@@H](O)[C@H](O)[C@H](O)CO)C(=O)O)cc13)-c1cc3c(c(=O)n1C2)COC(=O)[C@]3(O)CC. The van der Waals surface area contributed by atoms with E-state index in [1.54, 1.807) is 25.1 Å². The van der Waals surface area contributed by atoms with E-state index in [4.69, 9.17) is 24.3 Å². The molecule has 0 unspecified atom stereocenters. The molecule has 412 valence electrons. The normalized spacial score (nSPS) is 18.7. The largest absolute Gasteiger partial charge is 0.513 e. The van der Waals surface area contributed by atoms with E-state index in [9.17, 15) is 89.4 Å². The second-order valence-corrected chi connectivity index (χ2v) is 19.8. The number of ether oxygens (including phenoxy) is 3. The Labute approximate surface area is 432 Å². The molecule has 5 rings (SSSR count). The molecular formula is C45H58N6O22S2. The van der Waals surface area contributed by atoms with Gasteiger partial charge in [0.2, 0.25) is 17.7 Å². The van der Waals surface area contributed by atoms with Gasteiger partial charge in [-0.3, -0.25) is 24.0 Å². The van der Waals surface area contributed by atoms with Crippen LogP contribution in [-0.2, 0) is 63.4 Å². The molecule has 0 saturated carbocycles. The summed E-state index contributed by atoms with van der Waals surface area (Å²) in [6, 6.07) is -1.98. The van der Waals surface area contributed by atoms with E-state index in [0.717, 1.165) is 39.8 Å². The quantitative estimate of drug-likeness (QED) is 0.0115. The first-order valence-electron chi connectivity index (χ1n) is 23.0. The van der Waals surface area contributed by atoms with Gasteiger partial charge < -0.3 is 96.2 Å². The maximum atomic E-state index is 13.7. The van der Waals surface area contributed by atoms with Crippen LogP contribution in [0.2, 0.25) is 0 Å². The highest BCUT2D eigenvalue weighted by molar-refractivity contribution is 8.76. The molecule has 3 aromatic rings. The summed E-state index contributed by atoms with van der Waals surface area (Å²) in [4.78, 5) is 108. The second kappa shape index (κ2) is 26.1. The van der Waals surface area contributed by atoms with Crippen molar-refractivity contribution in [3.05, 3.63) is 56.9 Å². The maximum Gasteiger partial charge on any atom is 0.513 e. The van der Waals surface area contributed by atoms with Gasteiger partial charge in [-0.2, -0.15) is 0 Å². The molecule has 0 aliphatic carbocycles. The summed E-state index contributed by atoms with van der Waals surface area (Å²) in [5, 5.41) is 119. The number of hydrogen-bond acceptors (Lipinski definition) is 24. The molecule has 2 aromatic heterocycles. The molecule has 75 heavy (non-hydrogen) atoms. The number of benzene rings is 1. The number of hydrogen-bond donors (Lipinski definition) is 15. The third-order valence-corrected chi connectivity index (χ3v) is 14.8. The lowest BCUT2D eigenvalue weighted by molar-refractivity contribution is -0.172. The fourth-order valence-electron chi connectivity index (χ4n) is 8.23. The van der Waals surface area contributed by atoms with Crippen molar-refractivity contribution in [1.82, 2.24) is 30.8 Å². The number of aromatic nitrogens is 2. The van der Waals surface area contributed by atoms with Gasteiger partial charge in [-0.1, -0.05) is 35.4 Å². The molecule has 3 amide bonds. The number of fused-ring (bicyclic) bond motifs is 5. The highest BCUT2D eigenvalue weighted by atomic mass is 33.1. The van der Waals surface area contributed by atoms with Crippen molar-refractivity contribution in [2.45, 2.75) is 113 Å². The number of cyclic esters (lactones) is 1. The molecule has 4 heterocycles. The van der Waals surface area contributed by atoms with Crippen molar-refractivity contribution >= 4 is 74.3 Å². The molecule has 0 radical (unpaired) electrons. The number of carbonyl (C=O) groups excluding carboxylic acids is 5. The van der Waals surface area contributed by atoms with Gasteiger partial charge in [0.15, 0.2) is 5.60 Å². The number of aliphatic hydroxyl groups excluding tert-OH is 8. The molecule has 0 fully saturated rings. The van der Waals surface area contributed by atoms with Gasteiger partial charge in [-0.25, -0.2) is 19.4 Å². The zero-order valence-electron chi connectivity index (χ0n) is 40.3. The van der Waals surface area contributed by atoms with Gasteiger partial charge in [-0.15, -0.1) is 0 Å². The van der Waals surface area contributed by atoms with E-state index in [0.29, 0.717) is 28.7 Å². The highest BCUT2D eigenvalue weighted by Gasteiger charge is 2.46. The number of nitrogens with zero attached hydrogens (tertiary/aromatic N) is 2. The van der Waals surface area contributed by atoms with Crippen molar-refractivity contribution < 1.29 is 104 Å². The van der Waals surface area contributed by atoms with Crippen LogP contribution >= 0.6 is 21.6 Å². The summed E-state index contributed by atoms with van der Waals surface area (Å²) in [6.07, 6.45) is -15.2. The molecule has 0 bridgehead atoms. The minimum atomic E-state index is -2.53. The Bertz CT molecular complexity index is 2700. The zero-order valence-corrected chi connectivity index (χ0v) is 41.9. The van der Waals surface area contributed by atoms with E-state index in [-0.39, 0.29) is 48.8 Å². The summed E-state index contributed by atoms with van der Waals surface area (Å²) in [7, 11) is 2.93. The highest BCUT2D eigenvalue weighted by Crippen LogP contribution is 2.41. The lowest BCUT2D eigenvalue weighted by Gasteiger charge is -2.31. The van der Waals surface area contributed by atoms with E-state index < -0.39 is 139 Å². The third kappa shape index (κ3) is 13.5. The summed E-state index contributed by atoms with van der Waals surface area (Å²) in [6.45, 7) is 0.873. The lowest BCUT2D eigenvalue weighted by atomic mass is 9.86. The molecule has 2 aliphatic heterocycles. The average molecular weight is 1100 g/mol. The van der Waals surface area contributed by atoms with Gasteiger partial charge in [0.25, 0.3) is 5.56 Å². The lowest BCUT2D eigenvalue weighted by Crippen LogP contribution is -2.64. The van der Waals surface area contributed by atoms with Crippen LogP contribution in [0.1, 0.15) is 48.9 Å². The van der Waals surface area contributed by atoms with Crippen molar-refractivity contribution in [1.29, 1.82) is 0 Å². The van der Waals surface area contributed by atoms with E-state index >= 15 is 0 Å². The molecular weight excluding hydrogens is 1040 g/mol. The minimum Gasteiger partial charge on any atom is -0.481 e. The number of carboxylic acids is 2. The number of aliphatic carboxylic acids is 2. The third-order valence-electron chi connectivity index (χ3n) is 12.4. The number of aryl methyl sites for hydroxylation is 1. The Balaban J connectivity index is 1.19. The predicted molar refractivity (Wildman–Crippen MR) is 260 cm³/mol. The number of aliphatic hydroxyl groups is 9. The predicted octanol–water partition coefficient (Wildman–Crippen LogP) is -4.71. The van der Waals surface area contributed by atoms with Gasteiger partial charge in [0.1, 0.15) is 79.8 Å². The number of amides is 3. The number of esters is 1. The van der Waals surface area contributed by atoms with Crippen molar-refractivity contribution in [3.8, 4) is 17.1 Å². The van der Waals surface area contributed by atoms with E-state index in [2.05, 4.69) is 5.32 Å². The number of carbonyl (C=O) groups is 7. The Morgan fingerprint density at radius 3 is 2.04 bits per heavy atom. The van der Waals surface area contributed by atoms with Crippen LogP contribution in [0.25, 0.3) is 22.3 Å². The maximum absolute atomic E-state index is 13.7. The fourth-order valence-corrected chi connectivity index (χ4v) is 10.2. The minimum absolute atomic E-state index is 0.0202. The summed E-state index contributed by atoms with van der Waals surface area (Å²) >= 11 is 0. The van der Waals surface area contributed by atoms with Crippen LogP contribution in [0.4, 0.5) is 4.79 Å². The Morgan fingerprint density at radius 1 is 0.827 bits per heavy atom. The average Bonchev–Trinajstić information content (AvgIpc) is 3.75. The number of carboxylic acid groups (broad SMARTS) is 2. The Morgan fingerprint density at radius 2 is 1.45 bits per heavy atom. The molecule has 0 saturated heterocycles. The molecule has 0 spiro atoms. The first kappa shape index (κ1) is 59.8. The monoisotopic (exact) mass is 1100 g/mol. The Hall–Kier alpha value is -6.03. The van der Waals surface area contributed by atoms with Crippen molar-refractivity contribution in [3.63, 3.8) is 0 Å². The van der Waals surface area contributed by atoms with E-state index in [1.165, 1.54) is 10.6 Å². The van der Waals surface area contributed by atoms with Gasteiger partial charge in [-0.05, 0) is 49.7 Å². The number of likely N-dealkylation sites (N-methyl/N-ethyl adjacent to an activating group) is 1. The second-order valence-electron chi connectivity index (χ2n) is 17.1. The topological polar surface area (TPSA) is 453 Å². The molecule has 11 atom stereocenters. The summed E-state index contributed by atoms with van der Waals surface area (Å²) in [5.74, 6) is -8.94. The van der Waals surface area contributed by atoms with Crippen LogP contribution in [0.15, 0.2) is 29.1 Å². The molecule has 15 N–H and O–H groups in total. The van der Waals surface area contributed by atoms with Crippen LogP contribution in [0, 0.1) is 0 Å². The molecule has 1 aromatic carbocycles. The molecule has 30 heteroatoms. The Kier molecular flexibility index (Phi) is 20.9. The zero-order chi connectivity index (χ0) is 55.6. The van der Waals surface area contributed by atoms with Crippen LogP contribution in [0.5, 0.6) is 5.75 Å². The number of pyridine rings is 2. The van der Waals surface area contributed by atoms with Gasteiger partial charge in [0.05, 0.1) is 48.6 Å². The van der Waals surface area contributed by atoms with Crippen molar-refractivity contribution in [2.24, 2.45) is 0 Å². The first-order chi connectivity index (χ1) is 35.5. The van der Waals surface area contributed by atoms with Crippen LogP contribution < -0.4 is 31.6 Å². The smallest absolute Gasteiger partial charge is 0.481 e. The van der Waals surface area contributed by atoms with Crippen LogP contribution in [0.3, 0.4) is 0 Å². The van der Waals surface area contributed by atoms with Crippen LogP contribution in [-0.4, -0.2) is 207 Å². The fraction of sp³-hybridized carbons (Fsp3) is 0.533.